The van der Waals surface area contributed by atoms with Gasteiger partial charge in [-0.05, 0) is 54.0 Å². The van der Waals surface area contributed by atoms with Gasteiger partial charge in [0.05, 0.1) is 11.1 Å². The van der Waals surface area contributed by atoms with Gasteiger partial charge in [-0.1, -0.05) is 87.9 Å². The van der Waals surface area contributed by atoms with E-state index < -0.39 is 0 Å². The van der Waals surface area contributed by atoms with E-state index in [1.165, 1.54) is 5.69 Å². The van der Waals surface area contributed by atoms with E-state index in [-0.39, 0.29) is 16.6 Å². The molecule has 2 bridgehead atoms. The Morgan fingerprint density at radius 1 is 0.892 bits per heavy atom. The summed E-state index contributed by atoms with van der Waals surface area (Å²) in [4.78, 5) is 14.1. The highest BCUT2D eigenvalue weighted by atomic mass is 16.1. The highest BCUT2D eigenvalue weighted by Crippen LogP contribution is 2.48. The predicted octanol–water partition coefficient (Wildman–Crippen LogP) is 5.61. The first-order chi connectivity index (χ1) is 18.1. The maximum Gasteiger partial charge on any atom is 0.271 e. The lowest BCUT2D eigenvalue weighted by atomic mass is 9.73. The quantitative estimate of drug-likeness (QED) is 0.323. The third-order valence-corrected chi connectivity index (χ3v) is 8.66. The predicted molar refractivity (Wildman–Crippen MR) is 145 cm³/mol. The topological polar surface area (TPSA) is 81.4 Å². The van der Waals surface area contributed by atoms with E-state index in [2.05, 4.69) is 93.2 Å². The molecule has 4 aromatic rings. The van der Waals surface area contributed by atoms with Crippen LogP contribution in [0.2, 0.25) is 0 Å². The van der Waals surface area contributed by atoms with Crippen LogP contribution in [0.5, 0.6) is 0 Å². The van der Waals surface area contributed by atoms with Crippen LogP contribution < -0.4 is 5.56 Å². The minimum absolute atomic E-state index is 0.0818. The van der Waals surface area contributed by atoms with Crippen LogP contribution in [-0.4, -0.2) is 30.0 Å². The Morgan fingerprint density at radius 3 is 2.16 bits per heavy atom. The summed E-state index contributed by atoms with van der Waals surface area (Å²) in [6.45, 7) is 6.67. The van der Waals surface area contributed by atoms with Crippen LogP contribution in [0.15, 0.2) is 65.5 Å². The van der Waals surface area contributed by atoms with Crippen LogP contribution in [0.1, 0.15) is 69.7 Å². The molecule has 0 spiro atoms. The molecule has 0 saturated heterocycles. The van der Waals surface area contributed by atoms with E-state index in [9.17, 15) is 4.79 Å². The van der Waals surface area contributed by atoms with Crippen molar-refractivity contribution in [2.45, 2.75) is 76.8 Å². The van der Waals surface area contributed by atoms with Crippen LogP contribution in [-0.2, 0) is 23.9 Å². The van der Waals surface area contributed by atoms with Gasteiger partial charge in [0.25, 0.3) is 5.56 Å². The van der Waals surface area contributed by atoms with Crippen molar-refractivity contribution in [3.05, 3.63) is 87.9 Å². The largest absolute Gasteiger partial charge is 0.276 e. The van der Waals surface area contributed by atoms with Gasteiger partial charge in [-0.25, -0.2) is 4.68 Å². The Hall–Kier alpha value is -3.74. The van der Waals surface area contributed by atoms with Gasteiger partial charge >= 0.3 is 0 Å². The van der Waals surface area contributed by atoms with Crippen LogP contribution >= 0.6 is 0 Å². The summed E-state index contributed by atoms with van der Waals surface area (Å²) < 4.78 is 4.55. The summed E-state index contributed by atoms with van der Waals surface area (Å²) in [6, 6.07) is 16.6. The Morgan fingerprint density at radius 2 is 1.57 bits per heavy atom. The number of aromatic nitrogens is 6. The number of rotatable bonds is 8. The number of hydrogen-bond donors (Lipinski definition) is 1. The average molecular weight is 495 g/mol. The Labute approximate surface area is 217 Å². The molecular weight excluding hydrogens is 460 g/mol. The van der Waals surface area contributed by atoms with E-state index in [1.807, 2.05) is 18.2 Å². The van der Waals surface area contributed by atoms with Crippen molar-refractivity contribution in [1.29, 1.82) is 0 Å². The monoisotopic (exact) mass is 494 g/mol. The second-order valence-electron chi connectivity index (χ2n) is 10.5. The highest BCUT2D eigenvalue weighted by molar-refractivity contribution is 5.80. The fraction of sp³-hybridized carbons (Fsp3) is 0.400. The first-order valence-electron chi connectivity index (χ1n) is 13.5. The Bertz CT molecular complexity index is 1510. The molecule has 0 radical (unpaired) electrons. The van der Waals surface area contributed by atoms with Gasteiger partial charge in [0.2, 0.25) is 5.82 Å². The molecule has 37 heavy (non-hydrogen) atoms. The molecule has 2 unspecified atom stereocenters. The number of H-pyrrole nitrogens is 1. The van der Waals surface area contributed by atoms with Gasteiger partial charge in [0, 0.05) is 23.2 Å². The molecule has 1 N–H and O–H groups in total. The van der Waals surface area contributed by atoms with Crippen molar-refractivity contribution in [2.24, 2.45) is 0 Å². The van der Waals surface area contributed by atoms with Crippen molar-refractivity contribution in [3.8, 4) is 22.5 Å². The second-order valence-corrected chi connectivity index (χ2v) is 10.5. The van der Waals surface area contributed by atoms with Gasteiger partial charge < -0.3 is 0 Å². The zero-order valence-electron chi connectivity index (χ0n) is 21.9. The molecule has 2 aliphatic heterocycles. The smallest absolute Gasteiger partial charge is 0.271 e. The standard InChI is InChI=1S/C30H34N6O/c1-4-9-26-25(28(37)36-30(6-3)18-16-29(5-2,17-19-30)35(26)36)20-21-12-14-22(15-13-21)23-10-7-8-11-24(23)27-31-33-34-32-27/h7-8,10-16,18H,4-6,9,17,19-20H2,1-3H3,(H,31,32,33,34). The third-order valence-electron chi connectivity index (χ3n) is 8.66. The van der Waals surface area contributed by atoms with Gasteiger partial charge in [-0.2, -0.15) is 5.21 Å². The summed E-state index contributed by atoms with van der Waals surface area (Å²) in [5.74, 6) is 0.578. The van der Waals surface area contributed by atoms with Crippen molar-refractivity contribution < 1.29 is 0 Å². The van der Waals surface area contributed by atoms with Crippen molar-refractivity contribution in [3.63, 3.8) is 0 Å². The number of aromatic amines is 1. The molecular formula is C30H34N6O. The first-order valence-corrected chi connectivity index (χ1v) is 13.5. The Kier molecular flexibility index (Phi) is 5.74. The number of allylic oxidation sites excluding steroid dienone is 2. The maximum absolute atomic E-state index is 14.1. The SMILES string of the molecule is CCCc1c(Cc2ccc(-c3ccccc3-c3nn[nH]n3)cc2)c(=O)n2n1C1(CC)C=CC2(CC)CC1. The normalized spacial score (nSPS) is 21.9. The molecule has 4 heterocycles. The molecule has 190 valence electrons. The highest BCUT2D eigenvalue weighted by Gasteiger charge is 2.49. The number of tetrazole rings is 1. The van der Waals surface area contributed by atoms with Gasteiger partial charge in [-0.3, -0.25) is 9.48 Å². The van der Waals surface area contributed by atoms with E-state index in [4.69, 9.17) is 0 Å². The lowest BCUT2D eigenvalue weighted by Gasteiger charge is -2.51. The molecule has 0 amide bonds. The summed E-state index contributed by atoms with van der Waals surface area (Å²) in [5, 5.41) is 14.6. The molecule has 0 saturated carbocycles. The van der Waals surface area contributed by atoms with E-state index in [1.54, 1.807) is 0 Å². The zero-order chi connectivity index (χ0) is 25.6. The third kappa shape index (κ3) is 3.55. The number of benzene rings is 2. The fourth-order valence-corrected chi connectivity index (χ4v) is 6.49. The molecule has 2 atom stereocenters. The number of nitrogens with zero attached hydrogens (tertiary/aromatic N) is 5. The molecule has 7 nitrogen and oxygen atoms in total. The van der Waals surface area contributed by atoms with Crippen LogP contribution in [0.3, 0.4) is 0 Å². The summed E-state index contributed by atoms with van der Waals surface area (Å²) >= 11 is 0. The molecule has 2 aromatic heterocycles. The first kappa shape index (κ1) is 23.6. The van der Waals surface area contributed by atoms with E-state index in [0.717, 1.165) is 66.3 Å². The number of hydrogen-bond acceptors (Lipinski definition) is 4. The van der Waals surface area contributed by atoms with Crippen molar-refractivity contribution >= 4 is 0 Å². The average Bonchev–Trinajstić information content (AvgIpc) is 3.59. The number of fused-ring (bicyclic) bond motifs is 1. The van der Waals surface area contributed by atoms with Gasteiger partial charge in [0.1, 0.15) is 0 Å². The van der Waals surface area contributed by atoms with Crippen molar-refractivity contribution in [1.82, 2.24) is 30.0 Å². The van der Waals surface area contributed by atoms with Crippen LogP contribution in [0.25, 0.3) is 22.5 Å². The van der Waals surface area contributed by atoms with E-state index in [0.29, 0.717) is 12.2 Å². The minimum Gasteiger partial charge on any atom is -0.276 e. The fourth-order valence-electron chi connectivity index (χ4n) is 6.49. The number of nitrogens with one attached hydrogen (secondary N) is 1. The van der Waals surface area contributed by atoms with Gasteiger partial charge in [-0.15, -0.1) is 10.2 Å². The minimum atomic E-state index is -0.197. The Balaban J connectivity index is 1.40. The lowest BCUT2D eigenvalue weighted by Crippen LogP contribution is -2.56. The molecule has 2 aromatic carbocycles. The van der Waals surface area contributed by atoms with Gasteiger partial charge in [0.15, 0.2) is 0 Å². The molecule has 0 fully saturated rings. The molecule has 7 rings (SSSR count). The second kappa shape index (κ2) is 8.98. The van der Waals surface area contributed by atoms with E-state index >= 15 is 0 Å². The summed E-state index contributed by atoms with van der Waals surface area (Å²) in [5.41, 5.74) is 6.32. The summed E-state index contributed by atoms with van der Waals surface area (Å²) in [6.07, 6.45) is 11.4. The van der Waals surface area contributed by atoms with Crippen LogP contribution in [0, 0.1) is 0 Å². The molecule has 3 aliphatic rings. The lowest BCUT2D eigenvalue weighted by molar-refractivity contribution is 0.0812. The molecule has 7 heteroatoms. The maximum atomic E-state index is 14.1. The summed E-state index contributed by atoms with van der Waals surface area (Å²) in [7, 11) is 0. The van der Waals surface area contributed by atoms with Crippen LogP contribution in [0.4, 0.5) is 0 Å². The zero-order valence-corrected chi connectivity index (χ0v) is 21.9. The van der Waals surface area contributed by atoms with Crippen molar-refractivity contribution in [2.75, 3.05) is 0 Å². The molecule has 1 aliphatic carbocycles.